The number of amides is 2. The van der Waals surface area contributed by atoms with Gasteiger partial charge in [-0.1, -0.05) is 5.21 Å². The number of nitrogens with zero attached hydrogens (tertiary/aromatic N) is 5. The number of hydrogen-bond acceptors (Lipinski definition) is 6. The molecule has 0 atom stereocenters. The molecule has 9 nitrogen and oxygen atoms in total. The van der Waals surface area contributed by atoms with E-state index in [1.54, 1.807) is 9.58 Å². The minimum absolute atomic E-state index is 0.0202. The Bertz CT molecular complexity index is 1200. The first-order valence-electron chi connectivity index (χ1n) is 10.7. The Morgan fingerprint density at radius 1 is 1.18 bits per heavy atom. The first kappa shape index (κ1) is 22.6. The van der Waals surface area contributed by atoms with E-state index in [4.69, 9.17) is 4.74 Å². The Hall–Kier alpha value is -3.63. The molecule has 1 saturated heterocycles. The van der Waals surface area contributed by atoms with Crippen LogP contribution in [-0.2, 0) is 4.74 Å². The lowest BCUT2D eigenvalue weighted by atomic mass is 10.0. The van der Waals surface area contributed by atoms with Gasteiger partial charge in [-0.05, 0) is 44.9 Å². The van der Waals surface area contributed by atoms with Crippen LogP contribution in [0.4, 0.5) is 13.6 Å². The second-order valence-corrected chi connectivity index (χ2v) is 8.11. The van der Waals surface area contributed by atoms with E-state index in [0.717, 1.165) is 0 Å². The minimum atomic E-state index is -1.24. The molecule has 3 aromatic rings. The number of aromatic nitrogens is 4. The Balaban J connectivity index is 1.55. The van der Waals surface area contributed by atoms with Gasteiger partial charge in [-0.3, -0.25) is 9.78 Å². The van der Waals surface area contributed by atoms with Crippen molar-refractivity contribution in [3.8, 4) is 11.3 Å². The van der Waals surface area contributed by atoms with Gasteiger partial charge in [0, 0.05) is 25.7 Å². The van der Waals surface area contributed by atoms with Crippen LogP contribution in [0, 0.1) is 11.6 Å². The SMILES string of the molecule is CNC(=O)c1ccc(-c2cc3nnn(C4CCN(C(=O)OC(C)C)CC4)c3cn2)c(F)c1F. The number of hydrogen-bond donors (Lipinski definition) is 1. The largest absolute Gasteiger partial charge is 0.447 e. The van der Waals surface area contributed by atoms with E-state index >= 15 is 0 Å². The maximum Gasteiger partial charge on any atom is 0.410 e. The van der Waals surface area contributed by atoms with Gasteiger partial charge in [-0.15, -0.1) is 5.10 Å². The molecule has 1 fully saturated rings. The number of fused-ring (bicyclic) bond motifs is 1. The number of likely N-dealkylation sites (tertiary alicyclic amines) is 1. The van der Waals surface area contributed by atoms with Crippen molar-refractivity contribution in [2.75, 3.05) is 20.1 Å². The van der Waals surface area contributed by atoms with E-state index in [1.165, 1.54) is 31.4 Å². The molecule has 4 rings (SSSR count). The monoisotopic (exact) mass is 458 g/mol. The van der Waals surface area contributed by atoms with E-state index in [2.05, 4.69) is 20.6 Å². The highest BCUT2D eigenvalue weighted by Gasteiger charge is 2.27. The molecule has 0 unspecified atom stereocenters. The van der Waals surface area contributed by atoms with Gasteiger partial charge in [0.15, 0.2) is 11.6 Å². The smallest absolute Gasteiger partial charge is 0.410 e. The van der Waals surface area contributed by atoms with Gasteiger partial charge >= 0.3 is 6.09 Å². The van der Waals surface area contributed by atoms with Crippen LogP contribution in [0.3, 0.4) is 0 Å². The summed E-state index contributed by atoms with van der Waals surface area (Å²) in [6.07, 6.45) is 2.37. The molecule has 0 saturated carbocycles. The maximum atomic E-state index is 14.6. The highest BCUT2D eigenvalue weighted by Crippen LogP contribution is 2.29. The summed E-state index contributed by atoms with van der Waals surface area (Å²) >= 11 is 0. The van der Waals surface area contributed by atoms with Crippen LogP contribution in [0.2, 0.25) is 0 Å². The third-order valence-corrected chi connectivity index (χ3v) is 5.59. The summed E-state index contributed by atoms with van der Waals surface area (Å²) in [4.78, 5) is 29.7. The Morgan fingerprint density at radius 2 is 1.91 bits per heavy atom. The molecule has 33 heavy (non-hydrogen) atoms. The number of pyridine rings is 1. The standard InChI is InChI=1S/C22H24F2N6O3/c1-12(2)33-22(32)29-8-6-13(7-9-29)30-18-11-26-16(10-17(18)27-28-30)14-4-5-15(21(31)25-3)20(24)19(14)23/h4-5,10-13H,6-9H2,1-3H3,(H,25,31). The highest BCUT2D eigenvalue weighted by molar-refractivity contribution is 5.95. The zero-order valence-electron chi connectivity index (χ0n) is 18.5. The van der Waals surface area contributed by atoms with Crippen LogP contribution in [0.15, 0.2) is 24.4 Å². The summed E-state index contributed by atoms with van der Waals surface area (Å²) in [5.74, 6) is -3.11. The third-order valence-electron chi connectivity index (χ3n) is 5.59. The molecule has 1 aromatic carbocycles. The van der Waals surface area contributed by atoms with Crippen LogP contribution in [-0.4, -0.2) is 63.1 Å². The molecule has 2 aromatic heterocycles. The number of ether oxygens (including phenoxy) is 1. The van der Waals surface area contributed by atoms with Crippen molar-refractivity contribution in [1.82, 2.24) is 30.2 Å². The summed E-state index contributed by atoms with van der Waals surface area (Å²) in [5, 5.41) is 10.7. The topological polar surface area (TPSA) is 102 Å². The number of rotatable bonds is 4. The van der Waals surface area contributed by atoms with Gasteiger partial charge in [0.05, 0.1) is 29.6 Å². The Morgan fingerprint density at radius 3 is 2.58 bits per heavy atom. The average molecular weight is 458 g/mol. The van der Waals surface area contributed by atoms with Crippen molar-refractivity contribution < 1.29 is 23.1 Å². The molecule has 1 aliphatic heterocycles. The third kappa shape index (κ3) is 4.35. The van der Waals surface area contributed by atoms with Crippen LogP contribution < -0.4 is 5.32 Å². The number of piperidine rings is 1. The summed E-state index contributed by atoms with van der Waals surface area (Å²) in [6, 6.07) is 4.08. The van der Waals surface area contributed by atoms with Crippen LogP contribution in [0.1, 0.15) is 43.1 Å². The molecule has 1 N–H and O–H groups in total. The lowest BCUT2D eigenvalue weighted by Crippen LogP contribution is -2.40. The molecule has 3 heterocycles. The molecular formula is C22H24F2N6O3. The van der Waals surface area contributed by atoms with Crippen LogP contribution in [0.25, 0.3) is 22.3 Å². The summed E-state index contributed by atoms with van der Waals surface area (Å²) in [5.41, 5.74) is 0.866. The predicted molar refractivity (Wildman–Crippen MR) is 116 cm³/mol. The molecule has 0 radical (unpaired) electrons. The van der Waals surface area contributed by atoms with Gasteiger partial charge in [0.1, 0.15) is 11.0 Å². The van der Waals surface area contributed by atoms with E-state index in [1.807, 2.05) is 13.8 Å². The van der Waals surface area contributed by atoms with Crippen molar-refractivity contribution in [2.24, 2.45) is 0 Å². The van der Waals surface area contributed by atoms with Gasteiger partial charge in [-0.25, -0.2) is 18.3 Å². The predicted octanol–water partition coefficient (Wildman–Crippen LogP) is 3.31. The second-order valence-electron chi connectivity index (χ2n) is 8.11. The molecular weight excluding hydrogens is 434 g/mol. The zero-order valence-corrected chi connectivity index (χ0v) is 18.5. The summed E-state index contributed by atoms with van der Waals surface area (Å²) in [7, 11) is 1.34. The van der Waals surface area contributed by atoms with Gasteiger partial charge < -0.3 is 15.0 Å². The quantitative estimate of drug-likeness (QED) is 0.644. The van der Waals surface area contributed by atoms with E-state index in [0.29, 0.717) is 37.0 Å². The fourth-order valence-corrected chi connectivity index (χ4v) is 3.88. The lowest BCUT2D eigenvalue weighted by molar-refractivity contribution is 0.0654. The molecule has 1 aliphatic rings. The first-order chi connectivity index (χ1) is 15.8. The number of carbonyl (C=O) groups excluding carboxylic acids is 2. The first-order valence-corrected chi connectivity index (χ1v) is 10.7. The zero-order chi connectivity index (χ0) is 23.7. The summed E-state index contributed by atoms with van der Waals surface area (Å²) < 4.78 is 36.0. The van der Waals surface area contributed by atoms with E-state index in [9.17, 15) is 18.4 Å². The van der Waals surface area contributed by atoms with Gasteiger partial charge in [-0.2, -0.15) is 0 Å². The van der Waals surface area contributed by atoms with E-state index in [-0.39, 0.29) is 35.1 Å². The number of benzene rings is 1. The normalized spacial score (nSPS) is 14.7. The number of carbonyl (C=O) groups is 2. The number of nitrogens with one attached hydrogen (secondary N) is 1. The fourth-order valence-electron chi connectivity index (χ4n) is 3.88. The lowest BCUT2D eigenvalue weighted by Gasteiger charge is -2.31. The minimum Gasteiger partial charge on any atom is -0.447 e. The second kappa shape index (κ2) is 9.08. The molecule has 174 valence electrons. The average Bonchev–Trinajstić information content (AvgIpc) is 3.23. The maximum absolute atomic E-state index is 14.6. The fraction of sp³-hybridized carbons (Fsp3) is 0.409. The Kier molecular flexibility index (Phi) is 6.21. The highest BCUT2D eigenvalue weighted by atomic mass is 19.2. The van der Waals surface area contributed by atoms with Crippen molar-refractivity contribution in [3.63, 3.8) is 0 Å². The van der Waals surface area contributed by atoms with Gasteiger partial charge in [0.2, 0.25) is 0 Å². The summed E-state index contributed by atoms with van der Waals surface area (Å²) in [6.45, 7) is 4.69. The van der Waals surface area contributed by atoms with Crippen LogP contribution in [0.5, 0.6) is 0 Å². The van der Waals surface area contributed by atoms with Crippen molar-refractivity contribution >= 4 is 23.0 Å². The van der Waals surface area contributed by atoms with Gasteiger partial charge in [0.25, 0.3) is 5.91 Å². The van der Waals surface area contributed by atoms with E-state index < -0.39 is 17.5 Å². The van der Waals surface area contributed by atoms with Crippen molar-refractivity contribution in [2.45, 2.75) is 38.8 Å². The Labute approximate surface area is 188 Å². The molecule has 11 heteroatoms. The number of halogens is 2. The van der Waals surface area contributed by atoms with Crippen molar-refractivity contribution in [1.29, 1.82) is 0 Å². The molecule has 0 aliphatic carbocycles. The molecule has 2 amide bonds. The van der Waals surface area contributed by atoms with Crippen molar-refractivity contribution in [3.05, 3.63) is 41.6 Å². The van der Waals surface area contributed by atoms with Crippen LogP contribution >= 0.6 is 0 Å². The molecule has 0 bridgehead atoms. The molecule has 0 spiro atoms.